The summed E-state index contributed by atoms with van der Waals surface area (Å²) in [4.78, 5) is 15.7. The molecule has 94 valence electrons. The summed E-state index contributed by atoms with van der Waals surface area (Å²) in [6.07, 6.45) is 1.34. The number of hydrogen-bond donors (Lipinski definition) is 0. The number of fused-ring (bicyclic) bond motifs is 1. The number of carbonyl (C=O) groups excluding carboxylic acids is 1. The summed E-state index contributed by atoms with van der Waals surface area (Å²) in [5.74, 6) is -0.0610. The van der Waals surface area contributed by atoms with E-state index in [4.69, 9.17) is 27.9 Å². The highest BCUT2D eigenvalue weighted by Gasteiger charge is 2.18. The quantitative estimate of drug-likeness (QED) is 0.794. The molecule has 0 aliphatic heterocycles. The summed E-state index contributed by atoms with van der Waals surface area (Å²) in [6.45, 7) is 0. The van der Waals surface area contributed by atoms with Crippen LogP contribution in [0.3, 0.4) is 0 Å². The zero-order valence-electron chi connectivity index (χ0n) is 9.66. The molecule has 0 aliphatic rings. The Bertz CT molecular complexity index is 628. The number of nitrogens with zero attached hydrogens (tertiary/aromatic N) is 1. The van der Waals surface area contributed by atoms with Crippen molar-refractivity contribution in [3.05, 3.63) is 33.9 Å². The number of aromatic nitrogens is 1. The Balaban J connectivity index is 2.84. The first-order chi connectivity index (χ1) is 8.60. The molecule has 0 atom stereocenters. The molecular weight excluding hydrogens is 277 g/mol. The SMILES string of the molecule is COC(=O)c1cnc2c(Cl)ccc(OC)c2c1Cl. The lowest BCUT2D eigenvalue weighted by atomic mass is 10.1. The van der Waals surface area contributed by atoms with Crippen molar-refractivity contribution in [3.8, 4) is 5.75 Å². The van der Waals surface area contributed by atoms with Crippen LogP contribution in [0.15, 0.2) is 18.3 Å². The number of carbonyl (C=O) groups is 1. The van der Waals surface area contributed by atoms with Crippen molar-refractivity contribution in [2.24, 2.45) is 0 Å². The van der Waals surface area contributed by atoms with Crippen LogP contribution in [0.5, 0.6) is 5.75 Å². The van der Waals surface area contributed by atoms with E-state index in [-0.39, 0.29) is 10.6 Å². The van der Waals surface area contributed by atoms with E-state index in [1.165, 1.54) is 20.4 Å². The average molecular weight is 286 g/mol. The monoisotopic (exact) mass is 285 g/mol. The van der Waals surface area contributed by atoms with Gasteiger partial charge in [0.1, 0.15) is 5.75 Å². The molecule has 0 unspecified atom stereocenters. The summed E-state index contributed by atoms with van der Waals surface area (Å²) in [5, 5.41) is 1.14. The molecule has 0 aliphatic carbocycles. The summed E-state index contributed by atoms with van der Waals surface area (Å²) in [5.41, 5.74) is 0.654. The maximum atomic E-state index is 11.5. The Morgan fingerprint density at radius 3 is 2.61 bits per heavy atom. The molecule has 4 nitrogen and oxygen atoms in total. The van der Waals surface area contributed by atoms with Gasteiger partial charge in [0, 0.05) is 6.20 Å². The maximum Gasteiger partial charge on any atom is 0.340 e. The molecule has 0 fully saturated rings. The third-order valence-corrected chi connectivity index (χ3v) is 3.19. The van der Waals surface area contributed by atoms with Gasteiger partial charge in [-0.25, -0.2) is 4.79 Å². The zero-order valence-corrected chi connectivity index (χ0v) is 11.2. The second-order valence-corrected chi connectivity index (χ2v) is 4.24. The molecule has 1 aromatic heterocycles. The number of rotatable bonds is 2. The Morgan fingerprint density at radius 1 is 1.28 bits per heavy atom. The van der Waals surface area contributed by atoms with Gasteiger partial charge in [-0.2, -0.15) is 0 Å². The predicted octanol–water partition coefficient (Wildman–Crippen LogP) is 3.34. The van der Waals surface area contributed by atoms with E-state index in [0.717, 1.165) is 0 Å². The molecule has 2 rings (SSSR count). The van der Waals surface area contributed by atoms with Crippen LogP contribution in [0.2, 0.25) is 10.0 Å². The highest BCUT2D eigenvalue weighted by Crippen LogP contribution is 2.36. The van der Waals surface area contributed by atoms with Crippen molar-refractivity contribution >= 4 is 40.1 Å². The first-order valence-corrected chi connectivity index (χ1v) is 5.74. The molecule has 0 spiro atoms. The fourth-order valence-electron chi connectivity index (χ4n) is 1.63. The van der Waals surface area contributed by atoms with E-state index >= 15 is 0 Å². The molecule has 0 N–H and O–H groups in total. The van der Waals surface area contributed by atoms with Gasteiger partial charge < -0.3 is 9.47 Å². The van der Waals surface area contributed by atoms with Crippen LogP contribution in [-0.4, -0.2) is 25.2 Å². The topological polar surface area (TPSA) is 48.4 Å². The van der Waals surface area contributed by atoms with Crippen LogP contribution in [0.4, 0.5) is 0 Å². The highest BCUT2D eigenvalue weighted by atomic mass is 35.5. The van der Waals surface area contributed by atoms with Crippen molar-refractivity contribution in [1.82, 2.24) is 4.98 Å². The fourth-order valence-corrected chi connectivity index (χ4v) is 2.14. The van der Waals surface area contributed by atoms with E-state index in [1.54, 1.807) is 12.1 Å². The fraction of sp³-hybridized carbons (Fsp3) is 0.167. The first kappa shape index (κ1) is 12.9. The van der Waals surface area contributed by atoms with Crippen LogP contribution < -0.4 is 4.74 Å². The lowest BCUT2D eigenvalue weighted by Crippen LogP contribution is -2.04. The molecule has 0 saturated heterocycles. The number of esters is 1. The van der Waals surface area contributed by atoms with E-state index in [9.17, 15) is 4.79 Å². The predicted molar refractivity (Wildman–Crippen MR) is 69.7 cm³/mol. The smallest absolute Gasteiger partial charge is 0.340 e. The van der Waals surface area contributed by atoms with Crippen LogP contribution in [0.25, 0.3) is 10.9 Å². The number of methoxy groups -OCH3 is 2. The molecule has 0 radical (unpaired) electrons. The number of ether oxygens (including phenoxy) is 2. The number of hydrogen-bond acceptors (Lipinski definition) is 4. The largest absolute Gasteiger partial charge is 0.496 e. The summed E-state index contributed by atoms with van der Waals surface area (Å²) in [6, 6.07) is 3.32. The van der Waals surface area contributed by atoms with E-state index in [0.29, 0.717) is 21.7 Å². The summed E-state index contributed by atoms with van der Waals surface area (Å²) in [7, 11) is 2.78. The van der Waals surface area contributed by atoms with E-state index < -0.39 is 5.97 Å². The Morgan fingerprint density at radius 2 is 2.00 bits per heavy atom. The van der Waals surface area contributed by atoms with Gasteiger partial charge in [0.2, 0.25) is 0 Å². The standard InChI is InChI=1S/C12H9Cl2NO3/c1-17-8-4-3-7(13)11-9(8)10(14)6(5-15-11)12(16)18-2/h3-5H,1-2H3. The molecule has 1 heterocycles. The minimum absolute atomic E-state index is 0.173. The molecule has 6 heteroatoms. The summed E-state index contributed by atoms with van der Waals surface area (Å²) >= 11 is 12.2. The van der Waals surface area contributed by atoms with E-state index in [2.05, 4.69) is 9.72 Å². The van der Waals surface area contributed by atoms with Gasteiger partial charge in [-0.3, -0.25) is 4.98 Å². The molecule has 0 saturated carbocycles. The third-order valence-electron chi connectivity index (χ3n) is 2.49. The molecule has 0 amide bonds. The van der Waals surface area contributed by atoms with Gasteiger partial charge in [-0.05, 0) is 12.1 Å². The van der Waals surface area contributed by atoms with Crippen molar-refractivity contribution in [2.45, 2.75) is 0 Å². The Labute approximate surface area is 113 Å². The van der Waals surface area contributed by atoms with Gasteiger partial charge >= 0.3 is 5.97 Å². The highest BCUT2D eigenvalue weighted by molar-refractivity contribution is 6.41. The van der Waals surface area contributed by atoms with Crippen molar-refractivity contribution in [2.75, 3.05) is 14.2 Å². The second-order valence-electron chi connectivity index (χ2n) is 3.45. The van der Waals surface area contributed by atoms with E-state index in [1.807, 2.05) is 0 Å². The van der Waals surface area contributed by atoms with Crippen LogP contribution in [0.1, 0.15) is 10.4 Å². The van der Waals surface area contributed by atoms with Crippen LogP contribution in [0, 0.1) is 0 Å². The van der Waals surface area contributed by atoms with Gasteiger partial charge in [0.25, 0.3) is 0 Å². The minimum Gasteiger partial charge on any atom is -0.496 e. The third kappa shape index (κ3) is 1.98. The van der Waals surface area contributed by atoms with Gasteiger partial charge in [0.05, 0.1) is 40.7 Å². The minimum atomic E-state index is -0.559. The Kier molecular flexibility index (Phi) is 3.59. The first-order valence-electron chi connectivity index (χ1n) is 4.99. The lowest BCUT2D eigenvalue weighted by Gasteiger charge is -2.10. The average Bonchev–Trinajstić information content (AvgIpc) is 2.39. The van der Waals surface area contributed by atoms with Gasteiger partial charge in [0.15, 0.2) is 0 Å². The molecule has 0 bridgehead atoms. The summed E-state index contributed by atoms with van der Waals surface area (Å²) < 4.78 is 9.83. The van der Waals surface area contributed by atoms with Crippen molar-refractivity contribution < 1.29 is 14.3 Å². The number of benzene rings is 1. The molecule has 2 aromatic rings. The van der Waals surface area contributed by atoms with Crippen molar-refractivity contribution in [1.29, 1.82) is 0 Å². The Hall–Kier alpha value is -1.52. The van der Waals surface area contributed by atoms with Gasteiger partial charge in [-0.15, -0.1) is 0 Å². The molecule has 18 heavy (non-hydrogen) atoms. The maximum absolute atomic E-state index is 11.5. The number of pyridine rings is 1. The molecule has 1 aromatic carbocycles. The zero-order chi connectivity index (χ0) is 13.3. The second kappa shape index (κ2) is 5.00. The normalized spacial score (nSPS) is 10.4. The van der Waals surface area contributed by atoms with Gasteiger partial charge in [-0.1, -0.05) is 23.2 Å². The number of halogens is 2. The van der Waals surface area contributed by atoms with Crippen LogP contribution >= 0.6 is 23.2 Å². The lowest BCUT2D eigenvalue weighted by molar-refractivity contribution is 0.0600. The molecular formula is C12H9Cl2NO3. The van der Waals surface area contributed by atoms with Crippen LogP contribution in [-0.2, 0) is 4.74 Å². The van der Waals surface area contributed by atoms with Crippen molar-refractivity contribution in [3.63, 3.8) is 0 Å².